The number of urea groups is 1. The number of anilines is 1. The molecule has 0 aliphatic carbocycles. The Kier molecular flexibility index (Phi) is 3.41. The second-order valence-electron chi connectivity index (χ2n) is 6.44. The Bertz CT molecular complexity index is 1000. The van der Waals surface area contributed by atoms with E-state index < -0.39 is 15.9 Å². The molecule has 10 heteroatoms. The molecule has 0 unspecified atom stereocenters. The van der Waals surface area contributed by atoms with E-state index >= 15 is 0 Å². The molecule has 8 nitrogen and oxygen atoms in total. The second-order valence-corrected chi connectivity index (χ2v) is 9.43. The third-order valence-corrected chi connectivity index (χ3v) is 7.27. The summed E-state index contributed by atoms with van der Waals surface area (Å²) in [5, 5.41) is 5.10. The predicted molar refractivity (Wildman–Crippen MR) is 95.8 cm³/mol. The fourth-order valence-corrected chi connectivity index (χ4v) is 6.32. The molecule has 1 N–H and O–H groups in total. The number of nitrogens with one attached hydrogen (secondary N) is 1. The first-order chi connectivity index (χ1) is 12.5. The molecule has 0 spiro atoms. The molecular formula is C16H15N3O5S2. The molecule has 3 aliphatic rings. The minimum atomic E-state index is -3.14. The molecule has 136 valence electrons. The Balaban J connectivity index is 1.46. The van der Waals surface area contributed by atoms with Crippen molar-refractivity contribution in [3.05, 3.63) is 23.6 Å². The average Bonchev–Trinajstić information content (AvgIpc) is 3.26. The molecule has 0 radical (unpaired) electrons. The van der Waals surface area contributed by atoms with E-state index in [-0.39, 0.29) is 23.6 Å². The van der Waals surface area contributed by atoms with Gasteiger partial charge in [0.1, 0.15) is 13.2 Å². The molecule has 1 aromatic heterocycles. The van der Waals surface area contributed by atoms with Crippen LogP contribution in [-0.2, 0) is 9.84 Å². The lowest BCUT2D eigenvalue weighted by atomic mass is 10.1. The van der Waals surface area contributed by atoms with Crippen LogP contribution in [0.15, 0.2) is 23.6 Å². The number of rotatable bonds is 2. The lowest BCUT2D eigenvalue weighted by molar-refractivity contribution is 0.171. The highest BCUT2D eigenvalue weighted by molar-refractivity contribution is 7.91. The molecule has 0 saturated carbocycles. The maximum atomic E-state index is 12.3. The Morgan fingerprint density at radius 3 is 2.85 bits per heavy atom. The van der Waals surface area contributed by atoms with E-state index in [9.17, 15) is 13.2 Å². The van der Waals surface area contributed by atoms with Crippen LogP contribution >= 0.6 is 11.3 Å². The second kappa shape index (κ2) is 5.58. The van der Waals surface area contributed by atoms with Crippen LogP contribution in [0.5, 0.6) is 11.5 Å². The van der Waals surface area contributed by atoms with Crippen molar-refractivity contribution in [1.29, 1.82) is 0 Å². The summed E-state index contributed by atoms with van der Waals surface area (Å²) >= 11 is 1.32. The first-order valence-electron chi connectivity index (χ1n) is 8.16. The number of nitrogens with zero attached hydrogens (tertiary/aromatic N) is 2. The highest BCUT2D eigenvalue weighted by Gasteiger charge is 2.50. The minimum Gasteiger partial charge on any atom is -0.486 e. The Hall–Kier alpha value is -2.33. The number of hydrogen-bond donors (Lipinski definition) is 1. The van der Waals surface area contributed by atoms with Crippen LogP contribution < -0.4 is 19.7 Å². The van der Waals surface area contributed by atoms with E-state index in [0.717, 1.165) is 5.56 Å². The molecule has 0 bridgehead atoms. The van der Waals surface area contributed by atoms with Gasteiger partial charge in [0.25, 0.3) is 0 Å². The Morgan fingerprint density at radius 2 is 2.00 bits per heavy atom. The normalized spacial score (nSPS) is 25.8. The van der Waals surface area contributed by atoms with E-state index in [0.29, 0.717) is 35.5 Å². The molecule has 1 aromatic carbocycles. The number of fused-ring (bicyclic) bond motifs is 2. The zero-order valence-electron chi connectivity index (χ0n) is 13.5. The summed E-state index contributed by atoms with van der Waals surface area (Å²) in [5.41, 5.74) is 1.56. The highest BCUT2D eigenvalue weighted by atomic mass is 32.2. The van der Waals surface area contributed by atoms with Gasteiger partial charge in [-0.05, 0) is 18.2 Å². The molecule has 3 aliphatic heterocycles. The molecule has 26 heavy (non-hydrogen) atoms. The van der Waals surface area contributed by atoms with Crippen LogP contribution in [0.2, 0.25) is 0 Å². The molecule has 4 heterocycles. The number of carbonyl (C=O) groups excluding carboxylic acids is 1. The van der Waals surface area contributed by atoms with Crippen LogP contribution in [0.3, 0.4) is 0 Å². The van der Waals surface area contributed by atoms with Gasteiger partial charge in [-0.1, -0.05) is 0 Å². The van der Waals surface area contributed by atoms with E-state index in [4.69, 9.17) is 9.47 Å². The van der Waals surface area contributed by atoms with Crippen LogP contribution in [0.25, 0.3) is 11.3 Å². The van der Waals surface area contributed by atoms with Crippen molar-refractivity contribution in [2.24, 2.45) is 0 Å². The molecule has 2 atom stereocenters. The zero-order chi connectivity index (χ0) is 17.9. The smallest absolute Gasteiger partial charge is 0.324 e. The van der Waals surface area contributed by atoms with Crippen LogP contribution in [-0.4, -0.2) is 56.2 Å². The summed E-state index contributed by atoms with van der Waals surface area (Å²) in [5.74, 6) is 1.33. The van der Waals surface area contributed by atoms with Gasteiger partial charge < -0.3 is 14.8 Å². The van der Waals surface area contributed by atoms with Crippen molar-refractivity contribution in [3.8, 4) is 22.8 Å². The number of ether oxygens (including phenoxy) is 2. The standard InChI is InChI=1S/C16H15N3O5S2/c20-15-17-11-7-26(21,22)8-12(11)19(15)16-18-10(6-25-16)9-1-2-13-14(5-9)24-4-3-23-13/h1-2,5-6,11-12H,3-4,7-8H2,(H,17,20)/t11-,12-/m0/s1. The van der Waals surface area contributed by atoms with Crippen LogP contribution in [0.4, 0.5) is 9.93 Å². The third kappa shape index (κ3) is 2.52. The van der Waals surface area contributed by atoms with Gasteiger partial charge in [0.2, 0.25) is 0 Å². The maximum Gasteiger partial charge on any atom is 0.324 e. The number of benzene rings is 1. The van der Waals surface area contributed by atoms with Gasteiger partial charge >= 0.3 is 6.03 Å². The minimum absolute atomic E-state index is 0.0136. The van der Waals surface area contributed by atoms with E-state index in [2.05, 4.69) is 10.3 Å². The zero-order valence-corrected chi connectivity index (χ0v) is 15.2. The van der Waals surface area contributed by atoms with Gasteiger partial charge in [0.05, 0.1) is 29.3 Å². The van der Waals surface area contributed by atoms with Crippen molar-refractivity contribution in [1.82, 2.24) is 10.3 Å². The highest BCUT2D eigenvalue weighted by Crippen LogP contribution is 2.37. The molecule has 2 saturated heterocycles. The van der Waals surface area contributed by atoms with Gasteiger partial charge in [-0.15, -0.1) is 11.3 Å². The SMILES string of the molecule is O=C1N[C@H]2CS(=O)(=O)C[C@@H]2N1c1nc(-c2ccc3c(c2)OCCO3)cs1. The average molecular weight is 393 g/mol. The lowest BCUT2D eigenvalue weighted by Gasteiger charge is -2.19. The summed E-state index contributed by atoms with van der Waals surface area (Å²) in [6.07, 6.45) is 0. The van der Waals surface area contributed by atoms with Crippen molar-refractivity contribution >= 4 is 32.3 Å². The summed E-state index contributed by atoms with van der Waals surface area (Å²) in [6, 6.07) is 4.53. The number of amides is 2. The Labute approximate surface area is 153 Å². The van der Waals surface area contributed by atoms with Crippen molar-refractivity contribution in [2.45, 2.75) is 12.1 Å². The first-order valence-corrected chi connectivity index (χ1v) is 10.9. The summed E-state index contributed by atoms with van der Waals surface area (Å²) in [7, 11) is -3.14. The maximum absolute atomic E-state index is 12.3. The quantitative estimate of drug-likeness (QED) is 0.772. The number of thiazole rings is 1. The summed E-state index contributed by atoms with van der Waals surface area (Å²) in [6.45, 7) is 1.03. The number of sulfone groups is 1. The van der Waals surface area contributed by atoms with E-state index in [1.807, 2.05) is 23.6 Å². The molecule has 2 amide bonds. The monoisotopic (exact) mass is 393 g/mol. The molecule has 2 aromatic rings. The van der Waals surface area contributed by atoms with Crippen molar-refractivity contribution < 1.29 is 22.7 Å². The van der Waals surface area contributed by atoms with Gasteiger partial charge in [0.15, 0.2) is 26.5 Å². The van der Waals surface area contributed by atoms with E-state index in [1.54, 1.807) is 0 Å². The lowest BCUT2D eigenvalue weighted by Crippen LogP contribution is -2.36. The molecule has 2 fully saturated rings. The summed E-state index contributed by atoms with van der Waals surface area (Å²) < 4.78 is 34.9. The number of hydrogen-bond acceptors (Lipinski definition) is 7. The fraction of sp³-hybridized carbons (Fsp3) is 0.375. The van der Waals surface area contributed by atoms with Crippen LogP contribution in [0, 0.1) is 0 Å². The van der Waals surface area contributed by atoms with Crippen molar-refractivity contribution in [2.75, 3.05) is 29.6 Å². The van der Waals surface area contributed by atoms with Gasteiger partial charge in [-0.2, -0.15) is 0 Å². The predicted octanol–water partition coefficient (Wildman–Crippen LogP) is 1.28. The van der Waals surface area contributed by atoms with Gasteiger partial charge in [-0.3, -0.25) is 4.90 Å². The first kappa shape index (κ1) is 15.9. The van der Waals surface area contributed by atoms with Crippen LogP contribution in [0.1, 0.15) is 0 Å². The van der Waals surface area contributed by atoms with Gasteiger partial charge in [-0.25, -0.2) is 18.2 Å². The topological polar surface area (TPSA) is 97.8 Å². The molecular weight excluding hydrogens is 378 g/mol. The molecule has 5 rings (SSSR count). The largest absolute Gasteiger partial charge is 0.486 e. The fourth-order valence-electron chi connectivity index (χ4n) is 3.54. The summed E-state index contributed by atoms with van der Waals surface area (Å²) in [4.78, 5) is 18.3. The number of carbonyl (C=O) groups is 1. The Morgan fingerprint density at radius 1 is 1.19 bits per heavy atom. The third-order valence-electron chi connectivity index (χ3n) is 4.72. The van der Waals surface area contributed by atoms with E-state index in [1.165, 1.54) is 16.2 Å². The van der Waals surface area contributed by atoms with Crippen molar-refractivity contribution in [3.63, 3.8) is 0 Å². The number of aromatic nitrogens is 1. The van der Waals surface area contributed by atoms with Gasteiger partial charge in [0, 0.05) is 10.9 Å².